The van der Waals surface area contributed by atoms with Gasteiger partial charge in [-0.2, -0.15) is 0 Å². The van der Waals surface area contributed by atoms with Crippen LogP contribution >= 0.6 is 0 Å². The summed E-state index contributed by atoms with van der Waals surface area (Å²) in [6, 6.07) is 71.9. The lowest BCUT2D eigenvalue weighted by Crippen LogP contribution is -2.30. The summed E-state index contributed by atoms with van der Waals surface area (Å²) >= 11 is 0. The minimum absolute atomic E-state index is 0.122. The molecular formula is C57H43N. The van der Waals surface area contributed by atoms with E-state index in [0.29, 0.717) is 0 Å². The standard InChI is InChI=1S/C57H43N/c1-57(2)51-26-14-16-28-53(51)58(54-29-17-15-27-52(54)57)44-31-33-46-45-32-30-43(48-35-42-25-13-12-24-41(42)34-47(48)38-18-6-3-7-19-38)36-49(45)55(39-20-8-4-9-21-39)56(50(46)37-44)40-22-10-5-11-23-40/h3-35,37,49H,36H2,1-2H3. The van der Waals surface area contributed by atoms with Crippen LogP contribution in [0.1, 0.15) is 59.2 Å². The van der Waals surface area contributed by atoms with E-state index in [1.165, 1.54) is 100 Å². The summed E-state index contributed by atoms with van der Waals surface area (Å²) in [4.78, 5) is 2.49. The van der Waals surface area contributed by atoms with Crippen molar-refractivity contribution in [2.45, 2.75) is 25.7 Å². The smallest absolute Gasteiger partial charge is 0.0502 e. The molecule has 0 saturated heterocycles. The zero-order valence-electron chi connectivity index (χ0n) is 32.9. The van der Waals surface area contributed by atoms with E-state index in [0.717, 1.165) is 6.42 Å². The first kappa shape index (κ1) is 34.3. The Hall–Kier alpha value is -6.96. The lowest BCUT2D eigenvalue weighted by atomic mass is 9.67. The molecule has 8 aromatic rings. The number of allylic oxidation sites excluding steroid dienone is 5. The van der Waals surface area contributed by atoms with Crippen molar-refractivity contribution in [2.24, 2.45) is 5.92 Å². The molecule has 0 N–H and O–H groups in total. The van der Waals surface area contributed by atoms with E-state index >= 15 is 0 Å². The summed E-state index contributed by atoms with van der Waals surface area (Å²) in [6.45, 7) is 4.71. The van der Waals surface area contributed by atoms with Gasteiger partial charge in [-0.1, -0.05) is 184 Å². The van der Waals surface area contributed by atoms with Crippen LogP contribution in [0.25, 0.3) is 44.2 Å². The molecule has 1 unspecified atom stereocenters. The van der Waals surface area contributed by atoms with Gasteiger partial charge in [0.1, 0.15) is 0 Å². The Morgan fingerprint density at radius 2 is 0.983 bits per heavy atom. The van der Waals surface area contributed by atoms with Crippen molar-refractivity contribution < 1.29 is 0 Å². The summed E-state index contributed by atoms with van der Waals surface area (Å²) in [7, 11) is 0. The maximum absolute atomic E-state index is 2.49. The molecule has 0 spiro atoms. The van der Waals surface area contributed by atoms with E-state index in [1.54, 1.807) is 0 Å². The SMILES string of the molecule is CC1(C)c2ccccc2N(c2ccc3c(c2)C(c2ccccc2)=C(c2ccccc2)C2CC(c4cc5ccccc5cc4-c4ccccc4)=CC=C32)c2ccccc21. The molecule has 1 heterocycles. The summed E-state index contributed by atoms with van der Waals surface area (Å²) in [5.41, 5.74) is 20.6. The molecule has 0 fully saturated rings. The zero-order valence-corrected chi connectivity index (χ0v) is 32.9. The fourth-order valence-corrected chi connectivity index (χ4v) is 10.1. The van der Waals surface area contributed by atoms with E-state index in [1.807, 2.05) is 0 Å². The molecular weight excluding hydrogens is 699 g/mol. The van der Waals surface area contributed by atoms with Crippen molar-refractivity contribution in [1.29, 1.82) is 0 Å². The van der Waals surface area contributed by atoms with Gasteiger partial charge < -0.3 is 4.90 Å². The van der Waals surface area contributed by atoms with Gasteiger partial charge in [-0.05, 0) is 126 Å². The highest BCUT2D eigenvalue weighted by Gasteiger charge is 2.39. The maximum Gasteiger partial charge on any atom is 0.0502 e. The summed E-state index contributed by atoms with van der Waals surface area (Å²) in [5, 5.41) is 2.53. The van der Waals surface area contributed by atoms with E-state index in [4.69, 9.17) is 0 Å². The van der Waals surface area contributed by atoms with Crippen LogP contribution in [0.2, 0.25) is 0 Å². The van der Waals surface area contributed by atoms with Crippen LogP contribution in [0.15, 0.2) is 206 Å². The molecule has 11 rings (SSSR count). The molecule has 0 aromatic heterocycles. The second kappa shape index (κ2) is 13.6. The van der Waals surface area contributed by atoms with Crippen LogP contribution in [0.5, 0.6) is 0 Å². The van der Waals surface area contributed by atoms with Crippen molar-refractivity contribution >= 4 is 50.1 Å². The van der Waals surface area contributed by atoms with Gasteiger partial charge in [-0.15, -0.1) is 0 Å². The molecule has 58 heavy (non-hydrogen) atoms. The molecule has 8 aromatic carbocycles. The fourth-order valence-electron chi connectivity index (χ4n) is 10.1. The van der Waals surface area contributed by atoms with E-state index < -0.39 is 0 Å². The first-order valence-corrected chi connectivity index (χ1v) is 20.5. The summed E-state index contributed by atoms with van der Waals surface area (Å²) in [6.07, 6.45) is 5.74. The van der Waals surface area contributed by atoms with Gasteiger partial charge >= 0.3 is 0 Å². The average Bonchev–Trinajstić information content (AvgIpc) is 3.29. The molecule has 0 bridgehead atoms. The number of hydrogen-bond acceptors (Lipinski definition) is 1. The van der Waals surface area contributed by atoms with Gasteiger partial charge in [0.15, 0.2) is 0 Å². The molecule has 0 saturated carbocycles. The first-order valence-electron chi connectivity index (χ1n) is 20.5. The van der Waals surface area contributed by atoms with Crippen LogP contribution in [0, 0.1) is 5.92 Å². The Balaban J connectivity index is 1.16. The quantitative estimate of drug-likeness (QED) is 0.170. The number of anilines is 3. The van der Waals surface area contributed by atoms with Gasteiger partial charge in [0, 0.05) is 17.0 Å². The number of benzene rings is 8. The summed E-state index contributed by atoms with van der Waals surface area (Å²) in [5.74, 6) is 0.156. The van der Waals surface area contributed by atoms with Crippen LogP contribution in [0.3, 0.4) is 0 Å². The van der Waals surface area contributed by atoms with Crippen molar-refractivity contribution in [3.8, 4) is 11.1 Å². The Morgan fingerprint density at radius 1 is 0.448 bits per heavy atom. The number of nitrogens with zero attached hydrogens (tertiary/aromatic N) is 1. The summed E-state index contributed by atoms with van der Waals surface area (Å²) < 4.78 is 0. The Morgan fingerprint density at radius 3 is 1.62 bits per heavy atom. The minimum Gasteiger partial charge on any atom is -0.310 e. The van der Waals surface area contributed by atoms with Gasteiger partial charge in [0.05, 0.1) is 11.4 Å². The fraction of sp³-hybridized carbons (Fsp3) is 0.0877. The highest BCUT2D eigenvalue weighted by molar-refractivity contribution is 6.11. The van der Waals surface area contributed by atoms with Crippen molar-refractivity contribution in [1.82, 2.24) is 0 Å². The van der Waals surface area contributed by atoms with Crippen molar-refractivity contribution in [2.75, 3.05) is 4.90 Å². The average molecular weight is 742 g/mol. The van der Waals surface area contributed by atoms with Crippen LogP contribution in [-0.2, 0) is 5.41 Å². The topological polar surface area (TPSA) is 3.24 Å². The highest BCUT2D eigenvalue weighted by Crippen LogP contribution is 2.56. The second-order valence-electron chi connectivity index (χ2n) is 16.4. The number of rotatable bonds is 5. The van der Waals surface area contributed by atoms with Gasteiger partial charge in [-0.3, -0.25) is 0 Å². The molecule has 0 amide bonds. The van der Waals surface area contributed by atoms with Crippen molar-refractivity contribution in [3.05, 3.63) is 245 Å². The molecule has 1 heteroatoms. The molecule has 0 radical (unpaired) electrons. The molecule has 276 valence electrons. The lowest BCUT2D eigenvalue weighted by molar-refractivity contribution is 0.632. The van der Waals surface area contributed by atoms with Crippen molar-refractivity contribution in [3.63, 3.8) is 0 Å². The first-order chi connectivity index (χ1) is 28.5. The highest BCUT2D eigenvalue weighted by atomic mass is 15.2. The van der Waals surface area contributed by atoms with E-state index in [-0.39, 0.29) is 11.3 Å². The van der Waals surface area contributed by atoms with E-state index in [2.05, 4.69) is 225 Å². The van der Waals surface area contributed by atoms with Crippen LogP contribution in [0.4, 0.5) is 17.1 Å². The predicted octanol–water partition coefficient (Wildman–Crippen LogP) is 15.1. The molecule has 3 aliphatic rings. The van der Waals surface area contributed by atoms with Gasteiger partial charge in [-0.25, -0.2) is 0 Å². The Bertz CT molecular complexity index is 2930. The van der Waals surface area contributed by atoms with Gasteiger partial charge in [0.25, 0.3) is 0 Å². The third-order valence-corrected chi connectivity index (χ3v) is 12.8. The predicted molar refractivity (Wildman–Crippen MR) is 245 cm³/mol. The third kappa shape index (κ3) is 5.45. The molecule has 2 aliphatic carbocycles. The lowest BCUT2D eigenvalue weighted by Gasteiger charge is -2.42. The zero-order chi connectivity index (χ0) is 38.8. The number of hydrogen-bond donors (Lipinski definition) is 0. The Kier molecular flexibility index (Phi) is 8.05. The van der Waals surface area contributed by atoms with Gasteiger partial charge in [0.2, 0.25) is 0 Å². The van der Waals surface area contributed by atoms with E-state index in [9.17, 15) is 0 Å². The monoisotopic (exact) mass is 741 g/mol. The largest absolute Gasteiger partial charge is 0.310 e. The number of para-hydroxylation sites is 2. The van der Waals surface area contributed by atoms with Crippen LogP contribution in [-0.4, -0.2) is 0 Å². The maximum atomic E-state index is 2.49. The molecule has 1 nitrogen and oxygen atoms in total. The number of fused-ring (bicyclic) bond motifs is 6. The Labute approximate surface area is 341 Å². The molecule has 1 atom stereocenters. The normalized spacial score (nSPS) is 16.4. The second-order valence-corrected chi connectivity index (χ2v) is 16.4. The van der Waals surface area contributed by atoms with Crippen LogP contribution < -0.4 is 4.90 Å². The third-order valence-electron chi connectivity index (χ3n) is 12.8. The molecule has 1 aliphatic heterocycles. The minimum atomic E-state index is -0.122.